The highest BCUT2D eigenvalue weighted by Crippen LogP contribution is 2.29. The summed E-state index contributed by atoms with van der Waals surface area (Å²) in [5, 5.41) is 9.38. The van der Waals surface area contributed by atoms with Crippen LogP contribution in [0.5, 0.6) is 0 Å². The first-order valence-electron chi connectivity index (χ1n) is 9.51. The molecule has 1 aliphatic rings. The number of aliphatic imine (C=N–C) groups is 1. The molecular weight excluding hydrogens is 458 g/mol. The molecule has 0 unspecified atom stereocenters. The summed E-state index contributed by atoms with van der Waals surface area (Å²) in [5.74, 6) is 1.42. The molecule has 5 nitrogen and oxygen atoms in total. The summed E-state index contributed by atoms with van der Waals surface area (Å²) in [6, 6.07) is 6.43. The van der Waals surface area contributed by atoms with Crippen LogP contribution in [0.15, 0.2) is 29.3 Å². The highest BCUT2D eigenvalue weighted by atomic mass is 127. The number of halogens is 2. The minimum atomic E-state index is -0.507. The van der Waals surface area contributed by atoms with Gasteiger partial charge >= 0.3 is 0 Å². The van der Waals surface area contributed by atoms with Crippen molar-refractivity contribution >= 4 is 35.8 Å². The number of carbonyl (C=O) groups excluding carboxylic acids is 1. The molecule has 0 aromatic heterocycles. The van der Waals surface area contributed by atoms with Gasteiger partial charge in [-0.1, -0.05) is 26.0 Å². The van der Waals surface area contributed by atoms with Crippen LogP contribution >= 0.6 is 24.0 Å². The number of guanidine groups is 1. The van der Waals surface area contributed by atoms with Crippen molar-refractivity contribution in [1.82, 2.24) is 16.0 Å². The summed E-state index contributed by atoms with van der Waals surface area (Å²) in [6.45, 7) is 5.53. The fourth-order valence-electron chi connectivity index (χ4n) is 3.42. The smallest absolute Gasteiger partial charge is 0.254 e. The van der Waals surface area contributed by atoms with Crippen LogP contribution in [0.2, 0.25) is 0 Å². The van der Waals surface area contributed by atoms with Gasteiger partial charge in [-0.3, -0.25) is 9.79 Å². The monoisotopic (exact) mass is 490 g/mol. The lowest BCUT2D eigenvalue weighted by molar-refractivity contribution is 0.0950. The number of benzene rings is 1. The molecule has 2 rings (SSSR count). The molecule has 1 aromatic carbocycles. The Bertz CT molecular complexity index is 616. The number of hydrogen-bond donors (Lipinski definition) is 3. The van der Waals surface area contributed by atoms with Gasteiger partial charge in [0.25, 0.3) is 5.91 Å². The van der Waals surface area contributed by atoms with E-state index in [0.717, 1.165) is 30.6 Å². The Morgan fingerprint density at radius 1 is 1.15 bits per heavy atom. The number of hydrogen-bond acceptors (Lipinski definition) is 2. The molecule has 1 saturated carbocycles. The summed E-state index contributed by atoms with van der Waals surface area (Å²) in [5.41, 5.74) is 0.0666. The molecule has 1 amide bonds. The first-order chi connectivity index (χ1) is 12.5. The van der Waals surface area contributed by atoms with Gasteiger partial charge in [0, 0.05) is 26.2 Å². The summed E-state index contributed by atoms with van der Waals surface area (Å²) in [7, 11) is 1.74. The lowest BCUT2D eigenvalue weighted by atomic mass is 9.80. The number of rotatable bonds is 6. The Balaban J connectivity index is 0.00000364. The summed E-state index contributed by atoms with van der Waals surface area (Å²) in [4.78, 5) is 16.2. The maximum atomic E-state index is 13.6. The Kier molecular flexibility index (Phi) is 10.6. The van der Waals surface area contributed by atoms with E-state index in [9.17, 15) is 9.18 Å². The molecule has 0 spiro atoms. The largest absolute Gasteiger partial charge is 0.355 e. The minimum absolute atomic E-state index is 0. The van der Waals surface area contributed by atoms with Crippen LogP contribution in [-0.4, -0.2) is 38.0 Å². The van der Waals surface area contributed by atoms with Crippen LogP contribution in [0.4, 0.5) is 4.39 Å². The molecule has 7 heteroatoms. The van der Waals surface area contributed by atoms with Crippen molar-refractivity contribution in [1.29, 1.82) is 0 Å². The van der Waals surface area contributed by atoms with E-state index in [1.165, 1.54) is 25.0 Å². The number of amides is 1. The molecule has 0 bridgehead atoms. The second kappa shape index (κ2) is 12.2. The van der Waals surface area contributed by atoms with E-state index in [-0.39, 0.29) is 29.5 Å². The van der Waals surface area contributed by atoms with Crippen molar-refractivity contribution < 1.29 is 9.18 Å². The third kappa shape index (κ3) is 7.63. The molecule has 0 heterocycles. The van der Waals surface area contributed by atoms with Crippen LogP contribution in [0, 0.1) is 17.7 Å². The van der Waals surface area contributed by atoms with Gasteiger partial charge < -0.3 is 16.0 Å². The summed E-state index contributed by atoms with van der Waals surface area (Å²) in [6.07, 6.45) is 4.83. The standard InChI is InChI=1S/C20H31FN4O.HI/c1-14(2)15-8-10-16(11-9-15)25-20(22-3)24-13-12-23-19(26)17-6-4-5-7-18(17)21;/h4-7,14-16H,8-13H2,1-3H3,(H,23,26)(H2,22,24,25);1H. The van der Waals surface area contributed by atoms with Crippen molar-refractivity contribution in [3.63, 3.8) is 0 Å². The van der Waals surface area contributed by atoms with Crippen molar-refractivity contribution in [3.05, 3.63) is 35.6 Å². The lowest BCUT2D eigenvalue weighted by Gasteiger charge is -2.32. The normalized spacial score (nSPS) is 20.0. The van der Waals surface area contributed by atoms with Crippen LogP contribution in [0.1, 0.15) is 49.9 Å². The predicted molar refractivity (Wildman–Crippen MR) is 119 cm³/mol. The van der Waals surface area contributed by atoms with Gasteiger partial charge in [0.1, 0.15) is 5.82 Å². The molecule has 27 heavy (non-hydrogen) atoms. The molecule has 0 atom stereocenters. The predicted octanol–water partition coefficient (Wildman–Crippen LogP) is 3.55. The fourth-order valence-corrected chi connectivity index (χ4v) is 3.42. The lowest BCUT2D eigenvalue weighted by Crippen LogP contribution is -2.47. The Morgan fingerprint density at radius 2 is 1.78 bits per heavy atom. The van der Waals surface area contributed by atoms with Gasteiger partial charge in [-0.25, -0.2) is 4.39 Å². The molecule has 152 valence electrons. The zero-order chi connectivity index (χ0) is 18.9. The topological polar surface area (TPSA) is 65.5 Å². The van der Waals surface area contributed by atoms with E-state index in [4.69, 9.17) is 0 Å². The van der Waals surface area contributed by atoms with Gasteiger partial charge in [0.15, 0.2) is 5.96 Å². The van der Waals surface area contributed by atoms with Gasteiger partial charge in [-0.2, -0.15) is 0 Å². The molecule has 0 aliphatic heterocycles. The van der Waals surface area contributed by atoms with Crippen molar-refractivity contribution in [2.75, 3.05) is 20.1 Å². The maximum absolute atomic E-state index is 13.6. The van der Waals surface area contributed by atoms with Gasteiger partial charge in [-0.15, -0.1) is 24.0 Å². The highest BCUT2D eigenvalue weighted by Gasteiger charge is 2.23. The average Bonchev–Trinajstić information content (AvgIpc) is 2.64. The van der Waals surface area contributed by atoms with Gasteiger partial charge in [0.05, 0.1) is 5.56 Å². The summed E-state index contributed by atoms with van der Waals surface area (Å²) < 4.78 is 13.6. The second-order valence-electron chi connectivity index (χ2n) is 7.23. The van der Waals surface area contributed by atoms with Crippen molar-refractivity contribution in [2.24, 2.45) is 16.8 Å². The third-order valence-electron chi connectivity index (χ3n) is 5.10. The van der Waals surface area contributed by atoms with Crippen LogP contribution in [0.3, 0.4) is 0 Å². The van der Waals surface area contributed by atoms with E-state index in [1.54, 1.807) is 19.2 Å². The zero-order valence-corrected chi connectivity index (χ0v) is 18.8. The van der Waals surface area contributed by atoms with E-state index in [1.807, 2.05) is 0 Å². The average molecular weight is 490 g/mol. The highest BCUT2D eigenvalue weighted by molar-refractivity contribution is 14.0. The van der Waals surface area contributed by atoms with Crippen LogP contribution in [-0.2, 0) is 0 Å². The Morgan fingerprint density at radius 3 is 2.37 bits per heavy atom. The molecule has 1 fully saturated rings. The van der Waals surface area contributed by atoms with E-state index >= 15 is 0 Å². The molecule has 3 N–H and O–H groups in total. The van der Waals surface area contributed by atoms with E-state index in [0.29, 0.717) is 19.1 Å². The quantitative estimate of drug-likeness (QED) is 0.247. The molecule has 0 radical (unpaired) electrons. The van der Waals surface area contributed by atoms with Crippen molar-refractivity contribution in [2.45, 2.75) is 45.6 Å². The van der Waals surface area contributed by atoms with Crippen LogP contribution in [0.25, 0.3) is 0 Å². The maximum Gasteiger partial charge on any atom is 0.254 e. The SMILES string of the molecule is CN=C(NCCNC(=O)c1ccccc1F)NC1CCC(C(C)C)CC1.I. The fraction of sp³-hybridized carbons (Fsp3) is 0.600. The Hall–Kier alpha value is -1.38. The molecule has 1 aromatic rings. The van der Waals surface area contributed by atoms with Crippen LogP contribution < -0.4 is 16.0 Å². The van der Waals surface area contributed by atoms with E-state index in [2.05, 4.69) is 34.8 Å². The second-order valence-corrected chi connectivity index (χ2v) is 7.23. The molecule has 0 saturated heterocycles. The van der Waals surface area contributed by atoms with Gasteiger partial charge in [0.2, 0.25) is 0 Å². The summed E-state index contributed by atoms with van der Waals surface area (Å²) >= 11 is 0. The number of nitrogens with one attached hydrogen (secondary N) is 3. The number of carbonyl (C=O) groups is 1. The third-order valence-corrected chi connectivity index (χ3v) is 5.10. The minimum Gasteiger partial charge on any atom is -0.355 e. The van der Waals surface area contributed by atoms with Crippen molar-refractivity contribution in [3.8, 4) is 0 Å². The first kappa shape index (κ1) is 23.7. The first-order valence-corrected chi connectivity index (χ1v) is 9.51. The molecule has 1 aliphatic carbocycles. The molecular formula is C20H32FIN4O. The number of nitrogens with zero attached hydrogens (tertiary/aromatic N) is 1. The van der Waals surface area contributed by atoms with Gasteiger partial charge in [-0.05, 0) is 49.7 Å². The zero-order valence-electron chi connectivity index (χ0n) is 16.4. The Labute approximate surface area is 179 Å². The van der Waals surface area contributed by atoms with E-state index < -0.39 is 11.7 Å².